The highest BCUT2D eigenvalue weighted by Gasteiger charge is 2.27. The van der Waals surface area contributed by atoms with Crippen LogP contribution in [0.2, 0.25) is 0 Å². The van der Waals surface area contributed by atoms with Gasteiger partial charge in [-0.2, -0.15) is 0 Å². The zero-order valence-electron chi connectivity index (χ0n) is 11.5. The lowest BCUT2D eigenvalue weighted by Crippen LogP contribution is -2.27. The second-order valence-electron chi connectivity index (χ2n) is 5.47. The standard InChI is InChI=1S/C16H21NO2/c1-2-16(18)17-9-8-12-10-14-13-5-3-4-11(13)6-7-15(14)19-12/h6-7,12H,2-5,8-10H2,1H3,(H,17,18). The molecule has 1 N–H and O–H groups in total. The Hall–Kier alpha value is -1.51. The molecule has 1 unspecified atom stereocenters. The van der Waals surface area contributed by atoms with Crippen LogP contribution in [0.4, 0.5) is 0 Å². The van der Waals surface area contributed by atoms with Gasteiger partial charge in [0.05, 0.1) is 0 Å². The van der Waals surface area contributed by atoms with Gasteiger partial charge in [0.2, 0.25) is 5.91 Å². The van der Waals surface area contributed by atoms with Crippen LogP contribution in [0.15, 0.2) is 12.1 Å². The summed E-state index contributed by atoms with van der Waals surface area (Å²) < 4.78 is 6.00. The van der Waals surface area contributed by atoms with Gasteiger partial charge in [-0.05, 0) is 36.5 Å². The maximum Gasteiger partial charge on any atom is 0.219 e. The van der Waals surface area contributed by atoms with Crippen molar-refractivity contribution in [3.63, 3.8) is 0 Å². The molecular formula is C16H21NO2. The molecule has 1 amide bonds. The first-order chi connectivity index (χ1) is 9.28. The first-order valence-electron chi connectivity index (χ1n) is 7.35. The molecule has 2 aliphatic rings. The van der Waals surface area contributed by atoms with Crippen molar-refractivity contribution < 1.29 is 9.53 Å². The highest BCUT2D eigenvalue weighted by molar-refractivity contribution is 5.75. The molecular weight excluding hydrogens is 238 g/mol. The molecule has 1 heterocycles. The molecule has 1 aliphatic carbocycles. The number of fused-ring (bicyclic) bond motifs is 3. The van der Waals surface area contributed by atoms with Crippen molar-refractivity contribution in [3.8, 4) is 5.75 Å². The highest BCUT2D eigenvalue weighted by Crippen LogP contribution is 2.37. The van der Waals surface area contributed by atoms with Crippen molar-refractivity contribution in [1.29, 1.82) is 0 Å². The van der Waals surface area contributed by atoms with Crippen molar-refractivity contribution in [1.82, 2.24) is 5.32 Å². The van der Waals surface area contributed by atoms with Gasteiger partial charge in [-0.15, -0.1) is 0 Å². The summed E-state index contributed by atoms with van der Waals surface area (Å²) in [6, 6.07) is 4.35. The van der Waals surface area contributed by atoms with Crippen LogP contribution in [0.1, 0.15) is 42.9 Å². The van der Waals surface area contributed by atoms with Gasteiger partial charge in [0.1, 0.15) is 11.9 Å². The fourth-order valence-electron chi connectivity index (χ4n) is 3.16. The molecule has 1 atom stereocenters. The van der Waals surface area contributed by atoms with Crippen LogP contribution < -0.4 is 10.1 Å². The molecule has 0 spiro atoms. The summed E-state index contributed by atoms with van der Waals surface area (Å²) in [4.78, 5) is 11.2. The Morgan fingerprint density at radius 1 is 1.37 bits per heavy atom. The van der Waals surface area contributed by atoms with Gasteiger partial charge in [0, 0.05) is 31.4 Å². The molecule has 0 bridgehead atoms. The number of carbonyl (C=O) groups is 1. The molecule has 3 nitrogen and oxygen atoms in total. The van der Waals surface area contributed by atoms with E-state index in [0.717, 1.165) is 18.6 Å². The number of aryl methyl sites for hydroxylation is 1. The minimum atomic E-state index is 0.122. The molecule has 19 heavy (non-hydrogen) atoms. The summed E-state index contributed by atoms with van der Waals surface area (Å²) in [6.45, 7) is 2.59. The third-order valence-corrected chi connectivity index (χ3v) is 4.19. The van der Waals surface area contributed by atoms with Crippen LogP contribution >= 0.6 is 0 Å². The van der Waals surface area contributed by atoms with Gasteiger partial charge >= 0.3 is 0 Å². The normalized spacial score (nSPS) is 19.7. The number of benzene rings is 1. The molecule has 102 valence electrons. The fourth-order valence-corrected chi connectivity index (χ4v) is 3.16. The zero-order chi connectivity index (χ0) is 13.2. The van der Waals surface area contributed by atoms with Crippen LogP contribution in [0.5, 0.6) is 5.75 Å². The minimum absolute atomic E-state index is 0.122. The fraction of sp³-hybridized carbons (Fsp3) is 0.562. The van der Waals surface area contributed by atoms with E-state index in [1.54, 1.807) is 0 Å². The summed E-state index contributed by atoms with van der Waals surface area (Å²) >= 11 is 0. The third-order valence-electron chi connectivity index (χ3n) is 4.19. The molecule has 1 aromatic carbocycles. The van der Waals surface area contributed by atoms with Crippen molar-refractivity contribution >= 4 is 5.91 Å². The Kier molecular flexibility index (Phi) is 3.45. The van der Waals surface area contributed by atoms with Gasteiger partial charge in [0.25, 0.3) is 0 Å². The highest BCUT2D eigenvalue weighted by atomic mass is 16.5. The van der Waals surface area contributed by atoms with Gasteiger partial charge < -0.3 is 10.1 Å². The monoisotopic (exact) mass is 259 g/mol. The molecule has 0 saturated carbocycles. The van der Waals surface area contributed by atoms with E-state index in [9.17, 15) is 4.79 Å². The van der Waals surface area contributed by atoms with Crippen LogP contribution in [-0.2, 0) is 24.1 Å². The first kappa shape index (κ1) is 12.5. The predicted octanol–water partition coefficient (Wildman–Crippen LogP) is 2.40. The molecule has 0 fully saturated rings. The molecule has 0 aromatic heterocycles. The van der Waals surface area contributed by atoms with E-state index in [2.05, 4.69) is 17.4 Å². The van der Waals surface area contributed by atoms with Crippen LogP contribution in [0.25, 0.3) is 0 Å². The molecule has 3 heteroatoms. The Bertz CT molecular complexity index is 496. The SMILES string of the molecule is CCC(=O)NCCC1Cc2c(ccc3c2CCC3)O1. The van der Waals surface area contributed by atoms with E-state index in [-0.39, 0.29) is 12.0 Å². The van der Waals surface area contributed by atoms with Crippen molar-refractivity contribution in [2.24, 2.45) is 0 Å². The molecule has 1 aromatic rings. The van der Waals surface area contributed by atoms with Gasteiger partial charge in [-0.3, -0.25) is 4.79 Å². The van der Waals surface area contributed by atoms with E-state index in [1.165, 1.54) is 36.0 Å². The van der Waals surface area contributed by atoms with E-state index in [0.29, 0.717) is 13.0 Å². The maximum absolute atomic E-state index is 11.2. The van der Waals surface area contributed by atoms with Gasteiger partial charge in [-0.25, -0.2) is 0 Å². The lowest BCUT2D eigenvalue weighted by Gasteiger charge is -2.10. The summed E-state index contributed by atoms with van der Waals surface area (Å²) in [5.74, 6) is 1.20. The van der Waals surface area contributed by atoms with E-state index in [1.807, 2.05) is 6.92 Å². The van der Waals surface area contributed by atoms with Crippen molar-refractivity contribution in [2.45, 2.75) is 51.6 Å². The molecule has 0 radical (unpaired) electrons. The second-order valence-corrected chi connectivity index (χ2v) is 5.47. The maximum atomic E-state index is 11.2. The average Bonchev–Trinajstić information content (AvgIpc) is 3.03. The summed E-state index contributed by atoms with van der Waals surface area (Å²) in [5.41, 5.74) is 4.49. The quantitative estimate of drug-likeness (QED) is 0.901. The van der Waals surface area contributed by atoms with Gasteiger partial charge in [0.15, 0.2) is 0 Å². The second kappa shape index (κ2) is 5.24. The van der Waals surface area contributed by atoms with Crippen LogP contribution in [0, 0.1) is 0 Å². The van der Waals surface area contributed by atoms with Crippen molar-refractivity contribution in [3.05, 3.63) is 28.8 Å². The Morgan fingerprint density at radius 2 is 2.26 bits per heavy atom. The average molecular weight is 259 g/mol. The Balaban J connectivity index is 1.60. The number of amides is 1. The smallest absolute Gasteiger partial charge is 0.219 e. The number of hydrogen-bond acceptors (Lipinski definition) is 2. The first-order valence-corrected chi connectivity index (χ1v) is 7.35. The molecule has 3 rings (SSSR count). The van der Waals surface area contributed by atoms with E-state index < -0.39 is 0 Å². The minimum Gasteiger partial charge on any atom is -0.490 e. The lowest BCUT2D eigenvalue weighted by molar-refractivity contribution is -0.120. The number of carbonyl (C=O) groups excluding carboxylic acids is 1. The molecule has 1 aliphatic heterocycles. The third kappa shape index (κ3) is 2.46. The van der Waals surface area contributed by atoms with Gasteiger partial charge in [-0.1, -0.05) is 13.0 Å². The number of nitrogens with one attached hydrogen (secondary N) is 1. The largest absolute Gasteiger partial charge is 0.490 e. The predicted molar refractivity (Wildman–Crippen MR) is 74.5 cm³/mol. The van der Waals surface area contributed by atoms with E-state index in [4.69, 9.17) is 4.74 Å². The lowest BCUT2D eigenvalue weighted by atomic mass is 9.99. The Morgan fingerprint density at radius 3 is 3.11 bits per heavy atom. The summed E-state index contributed by atoms with van der Waals surface area (Å²) in [7, 11) is 0. The summed E-state index contributed by atoms with van der Waals surface area (Å²) in [6.07, 6.45) is 6.41. The van der Waals surface area contributed by atoms with Crippen molar-refractivity contribution in [2.75, 3.05) is 6.54 Å². The van der Waals surface area contributed by atoms with E-state index >= 15 is 0 Å². The van der Waals surface area contributed by atoms with Crippen LogP contribution in [-0.4, -0.2) is 18.6 Å². The molecule has 0 saturated heterocycles. The number of hydrogen-bond donors (Lipinski definition) is 1. The number of rotatable bonds is 4. The topological polar surface area (TPSA) is 38.3 Å². The Labute approximate surface area is 114 Å². The van der Waals surface area contributed by atoms with Crippen LogP contribution in [0.3, 0.4) is 0 Å². The zero-order valence-corrected chi connectivity index (χ0v) is 11.5. The summed E-state index contributed by atoms with van der Waals surface area (Å²) in [5, 5.41) is 2.92. The number of ether oxygens (including phenoxy) is 1.